The molecule has 3 aliphatic heterocycles. The van der Waals surface area contributed by atoms with Gasteiger partial charge in [-0.15, -0.1) is 11.3 Å². The monoisotopic (exact) mass is 861 g/mol. The van der Waals surface area contributed by atoms with E-state index in [0.29, 0.717) is 52.0 Å². The molecule has 3 fully saturated rings. The molecular weight excluding hydrogens is 812 g/mol. The molecule has 61 heavy (non-hydrogen) atoms. The number of carbonyl (C=O) groups is 4. The number of rotatable bonds is 11. The van der Waals surface area contributed by atoms with Crippen molar-refractivity contribution in [2.75, 3.05) is 36.8 Å². The third-order valence-electron chi connectivity index (χ3n) is 12.6. The lowest BCUT2D eigenvalue weighted by atomic mass is 9.81. The predicted molar refractivity (Wildman–Crippen MR) is 223 cm³/mol. The van der Waals surface area contributed by atoms with E-state index in [4.69, 9.17) is 4.98 Å². The summed E-state index contributed by atoms with van der Waals surface area (Å²) in [6.07, 6.45) is 1.63. The molecule has 2 aromatic heterocycles. The van der Waals surface area contributed by atoms with Gasteiger partial charge in [0, 0.05) is 47.9 Å². The van der Waals surface area contributed by atoms with Crippen LogP contribution in [0, 0.1) is 11.8 Å². The number of benzene rings is 2. The van der Waals surface area contributed by atoms with Gasteiger partial charge in [-0.05, 0) is 120 Å². The predicted octanol–water partition coefficient (Wildman–Crippen LogP) is 6.93. The van der Waals surface area contributed by atoms with Gasteiger partial charge < -0.3 is 25.7 Å². The number of nitrogens with one attached hydrogen (secondary N) is 3. The number of alkyl halides is 3. The number of imide groups is 1. The minimum atomic E-state index is -4.69. The quantitative estimate of drug-likeness (QED) is 0.0995. The van der Waals surface area contributed by atoms with Crippen molar-refractivity contribution >= 4 is 56.6 Å². The van der Waals surface area contributed by atoms with E-state index in [-0.39, 0.29) is 30.4 Å². The third kappa shape index (κ3) is 9.15. The molecule has 1 aliphatic carbocycles. The van der Waals surface area contributed by atoms with Crippen molar-refractivity contribution in [1.82, 2.24) is 25.1 Å². The van der Waals surface area contributed by atoms with E-state index in [1.54, 1.807) is 49.4 Å². The minimum absolute atomic E-state index is 0.112. The summed E-state index contributed by atoms with van der Waals surface area (Å²) in [5.41, 5.74) is -0.0529. The zero-order valence-corrected chi connectivity index (χ0v) is 34.9. The molecule has 2 aromatic carbocycles. The number of aliphatic hydroxyl groups excluding tert-OH is 1. The van der Waals surface area contributed by atoms with Crippen molar-refractivity contribution in [3.8, 4) is 0 Å². The molecule has 5 heterocycles. The van der Waals surface area contributed by atoms with Crippen molar-refractivity contribution < 1.29 is 42.6 Å². The van der Waals surface area contributed by atoms with Crippen LogP contribution in [0.15, 0.2) is 48.5 Å². The lowest BCUT2D eigenvalue weighted by molar-refractivity contribution is -0.141. The number of anilines is 2. The number of amides is 4. The van der Waals surface area contributed by atoms with E-state index >= 15 is 0 Å². The summed E-state index contributed by atoms with van der Waals surface area (Å²) in [5.74, 6) is -0.759. The van der Waals surface area contributed by atoms with Crippen LogP contribution in [0.5, 0.6) is 0 Å². The summed E-state index contributed by atoms with van der Waals surface area (Å²) in [7, 11) is 0. The number of fused-ring (bicyclic) bond motifs is 2. The zero-order chi connectivity index (χ0) is 43.2. The van der Waals surface area contributed by atoms with Crippen LogP contribution in [0.1, 0.15) is 126 Å². The standard InChI is InChI=1S/C44H50F3N7O6S/c1-43(2,60)28-21-32-34(22-31(28)50-38(56)30-7-4-8-35(49-30)44(45,46)47)61-40(51-32)26-11-9-25(10-12-26)23-53-19-16-24(17-20-53)15-18-48-29-6-3-5-27-37(29)42(59)54(41(27)58)33-13-14-36(55)52-39(33)57/h3-8,21-22,24-26,33,41,48,58,60H,9-20,23H2,1-2H3,(H,50,56)(H,52,55,57). The normalized spacial score (nSPS) is 23.0. The summed E-state index contributed by atoms with van der Waals surface area (Å²) < 4.78 is 40.6. The van der Waals surface area contributed by atoms with Crippen molar-refractivity contribution in [3.05, 3.63) is 81.6 Å². The second kappa shape index (κ2) is 17.1. The number of aliphatic hydroxyl groups is 2. The Labute approximate surface area is 355 Å². The molecule has 4 aromatic rings. The van der Waals surface area contributed by atoms with E-state index in [1.165, 1.54) is 11.0 Å². The number of hydrogen-bond donors (Lipinski definition) is 5. The van der Waals surface area contributed by atoms with Gasteiger partial charge in [-0.3, -0.25) is 29.4 Å². The average Bonchev–Trinajstić information content (AvgIpc) is 3.75. The second-order valence-corrected chi connectivity index (χ2v) is 18.4. The van der Waals surface area contributed by atoms with Crippen LogP contribution in [0.25, 0.3) is 10.2 Å². The molecule has 4 amide bonds. The van der Waals surface area contributed by atoms with Crippen molar-refractivity contribution in [3.63, 3.8) is 0 Å². The molecule has 8 rings (SSSR count). The highest BCUT2D eigenvalue weighted by Crippen LogP contribution is 2.43. The van der Waals surface area contributed by atoms with E-state index < -0.39 is 47.5 Å². The van der Waals surface area contributed by atoms with Crippen LogP contribution in [0.4, 0.5) is 24.5 Å². The van der Waals surface area contributed by atoms with Gasteiger partial charge in [-0.2, -0.15) is 13.2 Å². The Kier molecular flexibility index (Phi) is 11.9. The molecule has 13 nitrogen and oxygen atoms in total. The largest absolute Gasteiger partial charge is 0.433 e. The summed E-state index contributed by atoms with van der Waals surface area (Å²) in [4.78, 5) is 63.0. The average molecular weight is 862 g/mol. The molecule has 4 aliphatic rings. The van der Waals surface area contributed by atoms with Gasteiger partial charge in [0.15, 0.2) is 6.23 Å². The molecule has 2 unspecified atom stereocenters. The lowest BCUT2D eigenvalue weighted by Gasteiger charge is -2.36. The molecular formula is C44H50F3N7O6S. The van der Waals surface area contributed by atoms with E-state index in [1.807, 2.05) is 6.07 Å². The highest BCUT2D eigenvalue weighted by molar-refractivity contribution is 7.18. The van der Waals surface area contributed by atoms with Crippen LogP contribution in [-0.2, 0) is 21.4 Å². The molecule has 0 bridgehead atoms. The zero-order valence-electron chi connectivity index (χ0n) is 34.1. The van der Waals surface area contributed by atoms with E-state index in [2.05, 4.69) is 25.8 Å². The minimum Gasteiger partial charge on any atom is -0.386 e. The lowest BCUT2D eigenvalue weighted by Crippen LogP contribution is -2.53. The van der Waals surface area contributed by atoms with Crippen LogP contribution in [0.3, 0.4) is 0 Å². The number of likely N-dealkylation sites (tertiary alicyclic amines) is 1. The number of carbonyl (C=O) groups excluding carboxylic acids is 4. The van der Waals surface area contributed by atoms with Crippen LogP contribution < -0.4 is 16.0 Å². The van der Waals surface area contributed by atoms with Gasteiger partial charge in [0.1, 0.15) is 17.4 Å². The fraction of sp³-hybridized carbons (Fsp3) is 0.500. The smallest absolute Gasteiger partial charge is 0.386 e. The number of halogens is 3. The molecule has 0 radical (unpaired) electrons. The third-order valence-corrected chi connectivity index (χ3v) is 13.8. The Morgan fingerprint density at radius 3 is 2.38 bits per heavy atom. The molecule has 5 N–H and O–H groups in total. The fourth-order valence-electron chi connectivity index (χ4n) is 9.33. The van der Waals surface area contributed by atoms with Crippen molar-refractivity contribution in [1.29, 1.82) is 0 Å². The molecule has 324 valence electrons. The highest BCUT2D eigenvalue weighted by atomic mass is 32.1. The first-order valence-electron chi connectivity index (χ1n) is 21.0. The Bertz CT molecular complexity index is 2330. The summed E-state index contributed by atoms with van der Waals surface area (Å²) in [6, 6.07) is 11.1. The summed E-state index contributed by atoms with van der Waals surface area (Å²) >= 11 is 1.54. The number of thiazole rings is 1. The molecule has 0 spiro atoms. The fourth-order valence-corrected chi connectivity index (χ4v) is 10.5. The SMILES string of the molecule is CC(C)(O)c1cc2nc(C3CCC(CN4CCC(CCNc5cccc6c5C(=O)N(C5CCC(=O)NC5=O)C6O)CC4)CC3)sc2cc1NC(=O)c1cccc(C(F)(F)F)n1. The van der Waals surface area contributed by atoms with Gasteiger partial charge >= 0.3 is 6.18 Å². The van der Waals surface area contributed by atoms with Crippen LogP contribution in [-0.4, -0.2) is 85.8 Å². The molecule has 2 saturated heterocycles. The first kappa shape index (κ1) is 42.7. The Morgan fingerprint density at radius 1 is 0.934 bits per heavy atom. The molecule has 17 heteroatoms. The number of piperidine rings is 2. The summed E-state index contributed by atoms with van der Waals surface area (Å²) in [5, 5.41) is 31.4. The van der Waals surface area contributed by atoms with Gasteiger partial charge in [0.2, 0.25) is 11.8 Å². The Morgan fingerprint density at radius 2 is 1.67 bits per heavy atom. The molecule has 2 atom stereocenters. The number of hydrogen-bond acceptors (Lipinski definition) is 11. The van der Waals surface area contributed by atoms with Gasteiger partial charge in [0.25, 0.3) is 11.8 Å². The van der Waals surface area contributed by atoms with Gasteiger partial charge in [-0.1, -0.05) is 18.2 Å². The molecule has 1 saturated carbocycles. The maximum absolute atomic E-state index is 13.5. The van der Waals surface area contributed by atoms with Gasteiger partial charge in [-0.25, -0.2) is 9.97 Å². The van der Waals surface area contributed by atoms with Crippen LogP contribution in [0.2, 0.25) is 0 Å². The van der Waals surface area contributed by atoms with Crippen molar-refractivity contribution in [2.45, 2.75) is 102 Å². The van der Waals surface area contributed by atoms with E-state index in [9.17, 15) is 42.6 Å². The topological polar surface area (TPSA) is 177 Å². The first-order valence-corrected chi connectivity index (χ1v) is 21.8. The van der Waals surface area contributed by atoms with Crippen LogP contribution >= 0.6 is 11.3 Å². The summed E-state index contributed by atoms with van der Waals surface area (Å²) in [6.45, 7) is 6.95. The number of pyridine rings is 1. The van der Waals surface area contributed by atoms with Crippen molar-refractivity contribution in [2.24, 2.45) is 11.8 Å². The maximum atomic E-state index is 13.5. The van der Waals surface area contributed by atoms with E-state index in [0.717, 1.165) is 86.4 Å². The maximum Gasteiger partial charge on any atom is 0.433 e. The van der Waals surface area contributed by atoms with Gasteiger partial charge in [0.05, 0.1) is 26.4 Å². The Balaban J connectivity index is 0.811. The number of nitrogens with zero attached hydrogens (tertiary/aromatic N) is 4. The second-order valence-electron chi connectivity index (χ2n) is 17.3. The first-order chi connectivity index (χ1) is 29.0. The highest BCUT2D eigenvalue weighted by Gasteiger charge is 2.45. The number of aromatic nitrogens is 2. The Hall–Kier alpha value is -4.97.